The minimum atomic E-state index is -3.58. The van der Waals surface area contributed by atoms with Gasteiger partial charge in [-0.3, -0.25) is 0 Å². The maximum atomic E-state index is 12.9. The molecule has 10 nitrogen and oxygen atoms in total. The van der Waals surface area contributed by atoms with E-state index in [9.17, 15) is 8.42 Å². The molecule has 0 spiro atoms. The summed E-state index contributed by atoms with van der Waals surface area (Å²) in [6, 6.07) is 1.99. The zero-order valence-corrected chi connectivity index (χ0v) is 17.9. The highest BCUT2D eigenvalue weighted by Gasteiger charge is 2.31. The van der Waals surface area contributed by atoms with E-state index in [4.69, 9.17) is 4.74 Å². The Balaban J connectivity index is 1.47. The Morgan fingerprint density at radius 3 is 2.03 bits per heavy atom. The number of hydrogen-bond donors (Lipinski definition) is 0. The summed E-state index contributed by atoms with van der Waals surface area (Å²) in [4.78, 5) is 17.7. The Morgan fingerprint density at radius 2 is 1.48 bits per heavy atom. The molecule has 2 aromatic rings. The fourth-order valence-corrected chi connectivity index (χ4v) is 5.04. The Labute approximate surface area is 171 Å². The number of ether oxygens (including phenoxy) is 1. The number of hydrogen-bond acceptors (Lipinski definition) is 8. The Morgan fingerprint density at radius 1 is 0.897 bits per heavy atom. The maximum Gasteiger partial charge on any atom is 0.262 e. The van der Waals surface area contributed by atoms with Gasteiger partial charge in [-0.25, -0.2) is 23.4 Å². The summed E-state index contributed by atoms with van der Waals surface area (Å²) in [6.07, 6.45) is 1.57. The quantitative estimate of drug-likeness (QED) is 0.690. The number of piperazine rings is 1. The number of morpholine rings is 1. The van der Waals surface area contributed by atoms with Crippen LogP contribution in [0.5, 0.6) is 0 Å². The number of rotatable bonds is 4. The van der Waals surface area contributed by atoms with E-state index >= 15 is 0 Å². The van der Waals surface area contributed by atoms with Gasteiger partial charge in [0.1, 0.15) is 23.3 Å². The molecule has 2 fully saturated rings. The molecule has 11 heteroatoms. The van der Waals surface area contributed by atoms with Gasteiger partial charge in [-0.05, 0) is 13.8 Å². The Kier molecular flexibility index (Phi) is 5.45. The van der Waals surface area contributed by atoms with Crippen LogP contribution in [0.2, 0.25) is 0 Å². The number of nitrogens with zero attached hydrogens (tertiary/aromatic N) is 7. The first kappa shape index (κ1) is 20.0. The molecule has 2 saturated heterocycles. The van der Waals surface area contributed by atoms with Gasteiger partial charge in [-0.1, -0.05) is 0 Å². The summed E-state index contributed by atoms with van der Waals surface area (Å²) in [7, 11) is -1.79. The standard InChI is InChI=1S/C18H27N7O3S/c1-14-19-16(12-17(20-14)24-8-10-28-11-9-24)23-4-6-25(7-5-23)29(26,27)18-13-22(3)15(2)21-18/h12-13H,4-11H2,1-3H3. The van der Waals surface area contributed by atoms with Gasteiger partial charge in [-0.15, -0.1) is 0 Å². The molecular weight excluding hydrogens is 394 g/mol. The molecule has 2 aromatic heterocycles. The highest BCUT2D eigenvalue weighted by molar-refractivity contribution is 7.89. The first-order chi connectivity index (χ1) is 13.8. The molecule has 2 aliphatic heterocycles. The number of imidazole rings is 1. The molecule has 0 radical (unpaired) electrons. The smallest absolute Gasteiger partial charge is 0.262 e. The third-order valence-corrected chi connectivity index (χ3v) is 7.17. The molecule has 0 saturated carbocycles. The summed E-state index contributed by atoms with van der Waals surface area (Å²) < 4.78 is 34.4. The molecule has 0 N–H and O–H groups in total. The van der Waals surface area contributed by atoms with E-state index in [-0.39, 0.29) is 5.03 Å². The average Bonchev–Trinajstić information content (AvgIpc) is 3.07. The second-order valence-electron chi connectivity index (χ2n) is 7.36. The van der Waals surface area contributed by atoms with E-state index in [1.165, 1.54) is 4.31 Å². The van der Waals surface area contributed by atoms with Crippen LogP contribution in [0.15, 0.2) is 17.3 Å². The number of anilines is 2. The zero-order valence-electron chi connectivity index (χ0n) is 17.1. The second-order valence-corrected chi connectivity index (χ2v) is 9.24. The van der Waals surface area contributed by atoms with Crippen LogP contribution in [0.4, 0.5) is 11.6 Å². The monoisotopic (exact) mass is 421 g/mol. The largest absolute Gasteiger partial charge is 0.378 e. The summed E-state index contributed by atoms with van der Waals surface area (Å²) in [6.45, 7) is 8.63. The molecule has 0 amide bonds. The van der Waals surface area contributed by atoms with Gasteiger partial charge in [0.15, 0.2) is 5.03 Å². The summed E-state index contributed by atoms with van der Waals surface area (Å²) in [5.41, 5.74) is 0. The summed E-state index contributed by atoms with van der Waals surface area (Å²) >= 11 is 0. The van der Waals surface area contributed by atoms with Crippen molar-refractivity contribution in [3.05, 3.63) is 23.9 Å². The van der Waals surface area contributed by atoms with Crippen molar-refractivity contribution in [2.24, 2.45) is 7.05 Å². The van der Waals surface area contributed by atoms with Crippen LogP contribution >= 0.6 is 0 Å². The van der Waals surface area contributed by atoms with Gasteiger partial charge in [-0.2, -0.15) is 4.31 Å². The fraction of sp³-hybridized carbons (Fsp3) is 0.611. The molecule has 4 rings (SSSR count). The minimum absolute atomic E-state index is 0.110. The fourth-order valence-electron chi connectivity index (χ4n) is 3.59. The third kappa shape index (κ3) is 4.07. The van der Waals surface area contributed by atoms with Crippen LogP contribution in [0.25, 0.3) is 0 Å². The number of aromatic nitrogens is 4. The van der Waals surface area contributed by atoms with Gasteiger partial charge in [0.05, 0.1) is 13.2 Å². The van der Waals surface area contributed by atoms with E-state index in [0.29, 0.717) is 51.0 Å². The molecule has 158 valence electrons. The predicted molar refractivity (Wildman–Crippen MR) is 109 cm³/mol. The van der Waals surface area contributed by atoms with Crippen molar-refractivity contribution in [1.29, 1.82) is 0 Å². The van der Waals surface area contributed by atoms with Crippen LogP contribution in [-0.4, -0.2) is 84.7 Å². The number of aryl methyl sites for hydroxylation is 3. The molecule has 0 unspecified atom stereocenters. The second kappa shape index (κ2) is 7.88. The van der Waals surface area contributed by atoms with Crippen LogP contribution in [0.3, 0.4) is 0 Å². The van der Waals surface area contributed by atoms with Crippen LogP contribution in [0, 0.1) is 13.8 Å². The van der Waals surface area contributed by atoms with Crippen molar-refractivity contribution < 1.29 is 13.2 Å². The highest BCUT2D eigenvalue weighted by atomic mass is 32.2. The first-order valence-electron chi connectivity index (χ1n) is 9.78. The van der Waals surface area contributed by atoms with Crippen molar-refractivity contribution >= 4 is 21.7 Å². The SMILES string of the molecule is Cc1nc(N2CCOCC2)cc(N2CCN(S(=O)(=O)c3cn(C)c(C)n3)CC2)n1. The topological polar surface area (TPSA) is 96.7 Å². The molecule has 0 aliphatic carbocycles. The van der Waals surface area contributed by atoms with Gasteiger partial charge in [0.2, 0.25) is 0 Å². The molecule has 2 aliphatic rings. The highest BCUT2D eigenvalue weighted by Crippen LogP contribution is 2.23. The van der Waals surface area contributed by atoms with Crippen LogP contribution in [0.1, 0.15) is 11.6 Å². The lowest BCUT2D eigenvalue weighted by atomic mass is 10.3. The van der Waals surface area contributed by atoms with Crippen molar-refractivity contribution in [2.75, 3.05) is 62.3 Å². The Hall–Kier alpha value is -2.24. The van der Waals surface area contributed by atoms with Crippen molar-refractivity contribution in [1.82, 2.24) is 23.8 Å². The van der Waals surface area contributed by atoms with E-state index in [1.807, 2.05) is 13.0 Å². The van der Waals surface area contributed by atoms with E-state index in [1.54, 1.807) is 24.7 Å². The van der Waals surface area contributed by atoms with Gasteiger partial charge in [0.25, 0.3) is 10.0 Å². The van der Waals surface area contributed by atoms with Crippen molar-refractivity contribution in [3.8, 4) is 0 Å². The van der Waals surface area contributed by atoms with Crippen LogP contribution in [-0.2, 0) is 21.8 Å². The predicted octanol–water partition coefficient (Wildman–Crippen LogP) is 0.174. The lowest BCUT2D eigenvalue weighted by Gasteiger charge is -2.35. The van der Waals surface area contributed by atoms with Gasteiger partial charge < -0.3 is 19.1 Å². The van der Waals surface area contributed by atoms with Gasteiger partial charge >= 0.3 is 0 Å². The van der Waals surface area contributed by atoms with E-state index < -0.39 is 10.0 Å². The molecular formula is C18H27N7O3S. The normalized spacial score (nSPS) is 19.0. The first-order valence-corrected chi connectivity index (χ1v) is 11.2. The summed E-state index contributed by atoms with van der Waals surface area (Å²) in [5, 5.41) is 0.110. The molecule has 4 heterocycles. The molecule has 29 heavy (non-hydrogen) atoms. The maximum absolute atomic E-state index is 12.9. The average molecular weight is 422 g/mol. The van der Waals surface area contributed by atoms with E-state index in [2.05, 4.69) is 24.8 Å². The third-order valence-electron chi connectivity index (χ3n) is 5.40. The lowest BCUT2D eigenvalue weighted by Crippen LogP contribution is -2.49. The molecule has 0 atom stereocenters. The van der Waals surface area contributed by atoms with Crippen LogP contribution < -0.4 is 9.80 Å². The molecule has 0 aromatic carbocycles. The van der Waals surface area contributed by atoms with Gasteiger partial charge in [0, 0.05) is 58.6 Å². The zero-order chi connectivity index (χ0) is 20.6. The van der Waals surface area contributed by atoms with Crippen molar-refractivity contribution in [3.63, 3.8) is 0 Å². The Bertz CT molecular complexity index is 958. The summed E-state index contributed by atoms with van der Waals surface area (Å²) in [5.74, 6) is 3.12. The lowest BCUT2D eigenvalue weighted by molar-refractivity contribution is 0.122. The van der Waals surface area contributed by atoms with Crippen molar-refractivity contribution in [2.45, 2.75) is 18.9 Å². The van der Waals surface area contributed by atoms with E-state index in [0.717, 1.165) is 24.7 Å². The number of sulfonamides is 1. The molecule has 0 bridgehead atoms. The minimum Gasteiger partial charge on any atom is -0.378 e.